The van der Waals surface area contributed by atoms with Crippen molar-refractivity contribution < 1.29 is 122 Å². The highest BCUT2D eigenvalue weighted by Gasteiger charge is 2.56. The van der Waals surface area contributed by atoms with E-state index in [1.807, 2.05) is 46.9 Å². The third-order valence-corrected chi connectivity index (χ3v) is 21.1. The number of carbonyl (C=O) groups excluding carboxylic acids is 7. The van der Waals surface area contributed by atoms with Gasteiger partial charge in [0.1, 0.15) is 18.1 Å². The molecular formula is C61H98FN11O24Si. The normalized spacial score (nSPS) is 15.6. The van der Waals surface area contributed by atoms with Crippen LogP contribution in [0.4, 0.5) is 8.90 Å². The molecule has 7 amide bonds. The smallest absolute Gasteiger partial charge is 0.408 e. The largest absolute Gasteiger partial charge is 0.481 e. The molecule has 1 aromatic rings. The first-order valence-electron chi connectivity index (χ1n) is 32.0. The molecular weight excluding hydrogens is 1320 g/mol. The van der Waals surface area contributed by atoms with Crippen molar-refractivity contribution in [2.75, 3.05) is 98.2 Å². The zero-order chi connectivity index (χ0) is 74.1. The molecule has 16 N–H and O–H groups in total. The van der Waals surface area contributed by atoms with Crippen LogP contribution >= 0.6 is 0 Å². The molecule has 552 valence electrons. The maximum atomic E-state index is 17.2. The van der Waals surface area contributed by atoms with Gasteiger partial charge in [0.25, 0.3) is 14.3 Å². The lowest BCUT2D eigenvalue weighted by Gasteiger charge is -2.44. The minimum Gasteiger partial charge on any atom is -0.481 e. The third-order valence-electron chi connectivity index (χ3n) is 15.8. The number of ether oxygens (including phenoxy) is 1. The van der Waals surface area contributed by atoms with Crippen LogP contribution in [-0.4, -0.2) is 292 Å². The van der Waals surface area contributed by atoms with Crippen molar-refractivity contribution in [2.24, 2.45) is 0 Å². The van der Waals surface area contributed by atoms with Gasteiger partial charge >= 0.3 is 47.9 Å². The first-order chi connectivity index (χ1) is 45.7. The molecule has 0 unspecified atom stereocenters. The first kappa shape index (κ1) is 85.6. The van der Waals surface area contributed by atoms with E-state index >= 15 is 4.11 Å². The standard InChI is InChI=1S/C61H98FN11O24Si/c1-60(2,3)98(62,61(4,5)6)40-14-12-38(13-15-40)54(88)65-33-43(68-48(77)34-70-24-26-71(35-51(82)83)28-30-73(37-53(86)87)31-29-72(27-25-70)36-52(84)85)55(89)66-39(32-50(80)81)10-7-8-22-63-45(74)19-20-46(75)64-23-9-11-41(56(90)91)67-47(76)18-17-44(58(94)95)97-59(96)69-42(57(92)93)16-21-49(78)79/h12-15,39,41-44,50,80-81H,7-11,16-37H2,1-6H3,(H,63,74)(H,64,75)(H,65,88)(H,66,89)(H,67,76)(H,68,77)(H,69,96)(H,78,79)(H,82,83)(H,84,85)(H,86,87)(H,90,91)(H,92,93)(H,94,95)/t39-,41-,42+,43-,44+/m1/s1. The van der Waals surface area contributed by atoms with E-state index in [9.17, 15) is 108 Å². The molecule has 1 heterocycles. The number of benzene rings is 1. The third kappa shape index (κ3) is 33.2. The molecule has 0 aliphatic carbocycles. The van der Waals surface area contributed by atoms with Crippen LogP contribution in [0.3, 0.4) is 0 Å². The lowest BCUT2D eigenvalue weighted by atomic mass is 10.0. The summed E-state index contributed by atoms with van der Waals surface area (Å²) in [6.07, 6.45) is -8.51. The van der Waals surface area contributed by atoms with Crippen LogP contribution in [0.15, 0.2) is 24.3 Å². The van der Waals surface area contributed by atoms with Crippen molar-refractivity contribution in [1.82, 2.24) is 56.8 Å². The highest BCUT2D eigenvalue weighted by Crippen LogP contribution is 2.51. The number of carboxylic acids is 7. The Morgan fingerprint density at radius 3 is 1.36 bits per heavy atom. The van der Waals surface area contributed by atoms with Crippen molar-refractivity contribution in [3.63, 3.8) is 0 Å². The number of hydrogen-bond acceptors (Lipinski definition) is 21. The van der Waals surface area contributed by atoms with Crippen molar-refractivity contribution >= 4 is 96.9 Å². The summed E-state index contributed by atoms with van der Waals surface area (Å²) in [4.78, 5) is 180. The van der Waals surface area contributed by atoms with Crippen LogP contribution in [0.1, 0.15) is 129 Å². The minimum absolute atomic E-state index is 0.00906. The fourth-order valence-electron chi connectivity index (χ4n) is 10.9. The summed E-state index contributed by atoms with van der Waals surface area (Å²) in [5, 5.41) is 102. The van der Waals surface area contributed by atoms with Crippen LogP contribution in [0.25, 0.3) is 0 Å². The van der Waals surface area contributed by atoms with E-state index in [-0.39, 0.29) is 123 Å². The lowest BCUT2D eigenvalue weighted by molar-refractivity contribution is -0.148. The molecule has 2 rings (SSSR count). The number of rotatable bonds is 41. The lowest BCUT2D eigenvalue weighted by Crippen LogP contribution is -2.58. The summed E-state index contributed by atoms with van der Waals surface area (Å²) in [5.41, 5.74) is 0.105. The predicted octanol–water partition coefficient (Wildman–Crippen LogP) is -1.91. The van der Waals surface area contributed by atoms with Crippen LogP contribution < -0.4 is 42.4 Å². The van der Waals surface area contributed by atoms with Gasteiger partial charge in [0.05, 0.1) is 26.2 Å². The van der Waals surface area contributed by atoms with E-state index in [0.29, 0.717) is 5.19 Å². The molecule has 1 aliphatic rings. The van der Waals surface area contributed by atoms with Gasteiger partial charge in [0.15, 0.2) is 6.29 Å². The zero-order valence-corrected chi connectivity index (χ0v) is 57.2. The quantitative estimate of drug-likeness (QED) is 0.0147. The highest BCUT2D eigenvalue weighted by atomic mass is 28.4. The Morgan fingerprint density at radius 2 is 0.929 bits per heavy atom. The molecule has 37 heteroatoms. The maximum absolute atomic E-state index is 17.2. The van der Waals surface area contributed by atoms with Gasteiger partial charge in [-0.2, -0.15) is 0 Å². The molecule has 98 heavy (non-hydrogen) atoms. The summed E-state index contributed by atoms with van der Waals surface area (Å²) in [5.74, 6) is -14.0. The molecule has 1 fully saturated rings. The van der Waals surface area contributed by atoms with Crippen molar-refractivity contribution in [3.05, 3.63) is 29.8 Å². The number of aliphatic hydroxyl groups excluding tert-OH is 1. The molecule has 1 aromatic carbocycles. The fraction of sp³-hybridized carbons (Fsp3) is 0.672. The molecule has 0 bridgehead atoms. The summed E-state index contributed by atoms with van der Waals surface area (Å²) in [6.45, 7) is 9.45. The Balaban J connectivity index is 2.13. The zero-order valence-electron chi connectivity index (χ0n) is 56.2. The monoisotopic (exact) mass is 1420 g/mol. The molecule has 1 aliphatic heterocycles. The number of unbranched alkanes of at least 4 members (excludes halogenated alkanes) is 1. The van der Waals surface area contributed by atoms with E-state index < -0.39 is 197 Å². The average molecular weight is 1420 g/mol. The summed E-state index contributed by atoms with van der Waals surface area (Å²) >= 11 is 0. The first-order valence-corrected chi connectivity index (χ1v) is 33.9. The number of amides is 7. The van der Waals surface area contributed by atoms with Crippen LogP contribution in [-0.2, 0) is 62.3 Å². The van der Waals surface area contributed by atoms with Crippen molar-refractivity contribution in [1.29, 1.82) is 0 Å². The summed E-state index contributed by atoms with van der Waals surface area (Å²) < 4.78 is 21.8. The molecule has 0 spiro atoms. The highest BCUT2D eigenvalue weighted by molar-refractivity contribution is 6.90. The summed E-state index contributed by atoms with van der Waals surface area (Å²) in [7, 11) is -3.73. The number of alkyl carbamates (subject to hydrolysis) is 1. The van der Waals surface area contributed by atoms with Gasteiger partial charge in [-0.05, 0) is 65.9 Å². The molecule has 0 saturated carbocycles. The second-order valence-corrected chi connectivity index (χ2v) is 30.7. The van der Waals surface area contributed by atoms with Gasteiger partial charge in [-0.15, -0.1) is 0 Å². The van der Waals surface area contributed by atoms with E-state index in [2.05, 4.69) is 31.9 Å². The number of nitrogens with zero attached hydrogens (tertiary/aromatic N) is 4. The number of halogens is 1. The van der Waals surface area contributed by atoms with Gasteiger partial charge in [0.2, 0.25) is 35.6 Å². The number of aliphatic carboxylic acids is 7. The Hall–Kier alpha value is -8.49. The number of nitrogens with one attached hydrogen (secondary N) is 7. The SMILES string of the molecule is CC(C)(C)[Si](F)(c1ccc(C(=O)NC[C@@H](NC(=O)CN2CCN(CC(=O)O)CCN(CC(=O)O)CCN(CC(=O)O)CC2)C(=O)N[C@H](CCCCNC(=O)CCC(=O)NCCC[C@@H](NC(=O)CC[C@H](OC(=O)N[C@@H](CCC(=O)O)C(=O)O)C(=O)O)C(=O)O)CC(O)O)cc1)C(C)(C)C. The average Bonchev–Trinajstić information content (AvgIpc) is 0.749. The van der Waals surface area contributed by atoms with Gasteiger partial charge in [0, 0.05) is 122 Å². The van der Waals surface area contributed by atoms with E-state index in [1.165, 1.54) is 12.1 Å². The Morgan fingerprint density at radius 1 is 0.480 bits per heavy atom. The molecule has 1 saturated heterocycles. The van der Waals surface area contributed by atoms with Crippen LogP contribution in [0, 0.1) is 0 Å². The number of aliphatic hydroxyl groups is 2. The fourth-order valence-corrected chi connectivity index (χ4v) is 15.5. The van der Waals surface area contributed by atoms with E-state index in [4.69, 9.17) is 9.84 Å². The van der Waals surface area contributed by atoms with Crippen LogP contribution in [0.5, 0.6) is 0 Å². The number of carbonyl (C=O) groups is 14. The molecule has 5 atom stereocenters. The maximum Gasteiger partial charge on any atom is 0.408 e. The van der Waals surface area contributed by atoms with E-state index in [0.717, 1.165) is 0 Å². The van der Waals surface area contributed by atoms with E-state index in [1.54, 1.807) is 31.7 Å². The predicted molar refractivity (Wildman–Crippen MR) is 347 cm³/mol. The van der Waals surface area contributed by atoms with Crippen molar-refractivity contribution in [2.45, 2.75) is 165 Å². The Bertz CT molecular complexity index is 2830. The van der Waals surface area contributed by atoms with Gasteiger partial charge in [-0.1, -0.05) is 53.7 Å². The van der Waals surface area contributed by atoms with Crippen molar-refractivity contribution in [3.8, 4) is 0 Å². The second kappa shape index (κ2) is 42.3. The van der Waals surface area contributed by atoms with Gasteiger partial charge in [-0.3, -0.25) is 67.5 Å². The summed E-state index contributed by atoms with van der Waals surface area (Å²) in [6, 6.07) is 0.297. The van der Waals surface area contributed by atoms with Crippen LogP contribution in [0.2, 0.25) is 10.1 Å². The number of carboxylic acid groups (broad SMARTS) is 7. The second-order valence-electron chi connectivity index (χ2n) is 25.8. The van der Waals surface area contributed by atoms with Gasteiger partial charge < -0.3 is 92.0 Å². The molecule has 0 radical (unpaired) electrons. The Kier molecular flexibility index (Phi) is 37.0. The minimum atomic E-state index is -3.73. The molecule has 0 aromatic heterocycles. The topological polar surface area (TPSA) is 527 Å². The molecule has 35 nitrogen and oxygen atoms in total. The Labute approximate surface area is 567 Å². The number of hydrogen-bond donors (Lipinski definition) is 16. The van der Waals surface area contributed by atoms with Gasteiger partial charge in [-0.25, -0.2) is 19.2 Å².